The predicted octanol–water partition coefficient (Wildman–Crippen LogP) is 0.472. The largest absolute Gasteiger partial charge is 0.396 e. The normalized spacial score (nSPS) is 14.8. The van der Waals surface area contributed by atoms with E-state index < -0.39 is 11.8 Å². The molecular formula is C15H19N3O4. The van der Waals surface area contributed by atoms with Gasteiger partial charge in [-0.25, -0.2) is 0 Å². The second kappa shape index (κ2) is 6.57. The molecule has 118 valence electrons. The van der Waals surface area contributed by atoms with E-state index in [2.05, 4.69) is 16.0 Å². The third-order valence-electron chi connectivity index (χ3n) is 3.56. The van der Waals surface area contributed by atoms with Gasteiger partial charge in [-0.05, 0) is 31.0 Å². The molecule has 4 N–H and O–H groups in total. The first-order chi connectivity index (χ1) is 10.4. The SMILES string of the molecule is CC(=O)Nc1cccc(NC(=O)C(=O)NCC2(CO)CC2)c1. The number of amides is 3. The first-order valence-electron chi connectivity index (χ1n) is 7.02. The van der Waals surface area contributed by atoms with Gasteiger partial charge in [-0.2, -0.15) is 0 Å². The van der Waals surface area contributed by atoms with Gasteiger partial charge in [0.25, 0.3) is 0 Å². The fourth-order valence-electron chi connectivity index (χ4n) is 1.98. The lowest BCUT2D eigenvalue weighted by molar-refractivity contribution is -0.136. The van der Waals surface area contributed by atoms with Crippen LogP contribution in [0.2, 0.25) is 0 Å². The minimum absolute atomic E-state index is 0.00760. The van der Waals surface area contributed by atoms with Crippen LogP contribution in [0, 0.1) is 5.41 Å². The number of aliphatic hydroxyl groups is 1. The van der Waals surface area contributed by atoms with Gasteiger partial charge in [0.2, 0.25) is 5.91 Å². The number of carbonyl (C=O) groups is 3. The van der Waals surface area contributed by atoms with Gasteiger partial charge in [-0.3, -0.25) is 14.4 Å². The molecule has 1 aromatic carbocycles. The topological polar surface area (TPSA) is 108 Å². The number of rotatable bonds is 5. The highest BCUT2D eigenvalue weighted by Gasteiger charge is 2.42. The monoisotopic (exact) mass is 305 g/mol. The van der Waals surface area contributed by atoms with Crippen LogP contribution in [0.4, 0.5) is 11.4 Å². The van der Waals surface area contributed by atoms with E-state index in [-0.39, 0.29) is 17.9 Å². The number of nitrogens with one attached hydrogen (secondary N) is 3. The van der Waals surface area contributed by atoms with Crippen LogP contribution in [0.1, 0.15) is 19.8 Å². The van der Waals surface area contributed by atoms with E-state index in [1.807, 2.05) is 0 Å². The summed E-state index contributed by atoms with van der Waals surface area (Å²) >= 11 is 0. The van der Waals surface area contributed by atoms with Gasteiger partial charge in [-0.1, -0.05) is 6.07 Å². The van der Waals surface area contributed by atoms with Crippen LogP contribution in [0.5, 0.6) is 0 Å². The summed E-state index contributed by atoms with van der Waals surface area (Å²) in [6.45, 7) is 1.68. The molecule has 7 nitrogen and oxygen atoms in total. The highest BCUT2D eigenvalue weighted by atomic mass is 16.3. The summed E-state index contributed by atoms with van der Waals surface area (Å²) in [7, 11) is 0. The summed E-state index contributed by atoms with van der Waals surface area (Å²) in [4.78, 5) is 34.5. The van der Waals surface area contributed by atoms with E-state index in [1.165, 1.54) is 6.92 Å². The number of anilines is 2. The number of benzene rings is 1. The zero-order valence-corrected chi connectivity index (χ0v) is 12.3. The van der Waals surface area contributed by atoms with Gasteiger partial charge in [0.1, 0.15) is 0 Å². The Hall–Kier alpha value is -2.41. The Labute approximate surface area is 128 Å². The van der Waals surface area contributed by atoms with Crippen molar-refractivity contribution in [3.05, 3.63) is 24.3 Å². The number of carbonyl (C=O) groups excluding carboxylic acids is 3. The standard InChI is InChI=1S/C15H19N3O4/c1-10(20)17-11-3-2-4-12(7-11)18-14(22)13(21)16-8-15(9-19)5-6-15/h2-4,7,19H,5-6,8-9H2,1H3,(H,16,21)(H,17,20)(H,18,22). The van der Waals surface area contributed by atoms with E-state index in [4.69, 9.17) is 5.11 Å². The highest BCUT2D eigenvalue weighted by molar-refractivity contribution is 6.39. The van der Waals surface area contributed by atoms with Crippen molar-refractivity contribution in [1.82, 2.24) is 5.32 Å². The van der Waals surface area contributed by atoms with Gasteiger partial charge < -0.3 is 21.1 Å². The average molecular weight is 305 g/mol. The van der Waals surface area contributed by atoms with E-state index >= 15 is 0 Å². The van der Waals surface area contributed by atoms with Crippen LogP contribution in [0.25, 0.3) is 0 Å². The molecule has 1 aromatic rings. The zero-order chi connectivity index (χ0) is 16.2. The van der Waals surface area contributed by atoms with Crippen LogP contribution < -0.4 is 16.0 Å². The molecule has 0 spiro atoms. The summed E-state index contributed by atoms with van der Waals surface area (Å²) in [6.07, 6.45) is 1.70. The zero-order valence-electron chi connectivity index (χ0n) is 12.3. The molecule has 0 aliphatic heterocycles. The quantitative estimate of drug-likeness (QED) is 0.593. The van der Waals surface area contributed by atoms with Gasteiger partial charge in [0, 0.05) is 30.3 Å². The number of hydrogen-bond donors (Lipinski definition) is 4. The molecule has 0 atom stereocenters. The molecule has 2 rings (SSSR count). The lowest BCUT2D eigenvalue weighted by Gasteiger charge is -2.12. The summed E-state index contributed by atoms with van der Waals surface area (Å²) < 4.78 is 0. The average Bonchev–Trinajstić information content (AvgIpc) is 3.25. The van der Waals surface area contributed by atoms with Gasteiger partial charge in [0.15, 0.2) is 0 Å². The molecular weight excluding hydrogens is 286 g/mol. The number of hydrogen-bond acceptors (Lipinski definition) is 4. The van der Waals surface area contributed by atoms with Crippen molar-refractivity contribution in [2.45, 2.75) is 19.8 Å². The molecule has 0 saturated heterocycles. The van der Waals surface area contributed by atoms with Crippen molar-refractivity contribution in [2.24, 2.45) is 5.41 Å². The first kappa shape index (κ1) is 16.0. The molecule has 1 saturated carbocycles. The Morgan fingerprint density at radius 2 is 1.77 bits per heavy atom. The van der Waals surface area contributed by atoms with Crippen molar-refractivity contribution < 1.29 is 19.5 Å². The lowest BCUT2D eigenvalue weighted by atomic mass is 10.1. The van der Waals surface area contributed by atoms with Gasteiger partial charge in [-0.15, -0.1) is 0 Å². The third-order valence-corrected chi connectivity index (χ3v) is 3.56. The van der Waals surface area contributed by atoms with Crippen LogP contribution >= 0.6 is 0 Å². The number of aliphatic hydroxyl groups excluding tert-OH is 1. The van der Waals surface area contributed by atoms with Crippen LogP contribution in [-0.2, 0) is 14.4 Å². The second-order valence-electron chi connectivity index (χ2n) is 5.56. The van der Waals surface area contributed by atoms with Crippen LogP contribution in [-0.4, -0.2) is 36.0 Å². The molecule has 0 radical (unpaired) electrons. The molecule has 1 aliphatic carbocycles. The minimum atomic E-state index is -0.784. The Balaban J connectivity index is 1.88. The Morgan fingerprint density at radius 3 is 2.32 bits per heavy atom. The maximum atomic E-state index is 11.8. The molecule has 7 heteroatoms. The Kier molecular flexibility index (Phi) is 4.77. The second-order valence-corrected chi connectivity index (χ2v) is 5.56. The lowest BCUT2D eigenvalue weighted by Crippen LogP contribution is -2.39. The van der Waals surface area contributed by atoms with E-state index in [0.717, 1.165) is 12.8 Å². The van der Waals surface area contributed by atoms with Crippen LogP contribution in [0.15, 0.2) is 24.3 Å². The summed E-state index contributed by atoms with van der Waals surface area (Å²) in [5.74, 6) is -1.75. The molecule has 1 fully saturated rings. The van der Waals surface area contributed by atoms with Gasteiger partial charge in [0.05, 0.1) is 6.61 Å². The maximum Gasteiger partial charge on any atom is 0.313 e. The fraction of sp³-hybridized carbons (Fsp3) is 0.400. The molecule has 0 bridgehead atoms. The molecule has 3 amide bonds. The Bertz CT molecular complexity index is 596. The summed E-state index contributed by atoms with van der Waals surface area (Å²) in [6, 6.07) is 6.51. The smallest absolute Gasteiger partial charge is 0.313 e. The van der Waals surface area contributed by atoms with Crippen molar-refractivity contribution in [3.63, 3.8) is 0 Å². The van der Waals surface area contributed by atoms with Crippen molar-refractivity contribution in [1.29, 1.82) is 0 Å². The third kappa shape index (κ3) is 4.29. The minimum Gasteiger partial charge on any atom is -0.396 e. The molecule has 0 heterocycles. The van der Waals surface area contributed by atoms with Gasteiger partial charge >= 0.3 is 11.8 Å². The van der Waals surface area contributed by atoms with E-state index in [9.17, 15) is 14.4 Å². The Morgan fingerprint density at radius 1 is 1.14 bits per heavy atom. The molecule has 0 unspecified atom stereocenters. The maximum absolute atomic E-state index is 11.8. The summed E-state index contributed by atoms with van der Waals surface area (Å²) in [5, 5.41) is 16.7. The van der Waals surface area contributed by atoms with E-state index in [1.54, 1.807) is 24.3 Å². The predicted molar refractivity (Wildman–Crippen MR) is 81.1 cm³/mol. The van der Waals surface area contributed by atoms with Crippen LogP contribution in [0.3, 0.4) is 0 Å². The molecule has 0 aromatic heterocycles. The van der Waals surface area contributed by atoms with Crippen molar-refractivity contribution in [2.75, 3.05) is 23.8 Å². The van der Waals surface area contributed by atoms with Crippen molar-refractivity contribution in [3.8, 4) is 0 Å². The molecule has 1 aliphatic rings. The molecule has 22 heavy (non-hydrogen) atoms. The highest BCUT2D eigenvalue weighted by Crippen LogP contribution is 2.44. The van der Waals surface area contributed by atoms with Crippen molar-refractivity contribution >= 4 is 29.1 Å². The fourth-order valence-corrected chi connectivity index (χ4v) is 1.98. The van der Waals surface area contributed by atoms with E-state index in [0.29, 0.717) is 17.9 Å². The summed E-state index contributed by atoms with van der Waals surface area (Å²) in [5.41, 5.74) is 0.693. The first-order valence-corrected chi connectivity index (χ1v) is 7.02.